The number of hydrogen-bond donors (Lipinski definition) is 1. The molecule has 2 rings (SSSR count). The van der Waals surface area contributed by atoms with Gasteiger partial charge in [0, 0.05) is 25.7 Å². The summed E-state index contributed by atoms with van der Waals surface area (Å²) in [5.41, 5.74) is 0. The summed E-state index contributed by atoms with van der Waals surface area (Å²) in [5.74, 6) is 0.338. The SMILES string of the molecule is CNCC1C(=O)N(C2CCCCCC2)CCN1C. The number of piperazine rings is 1. The zero-order valence-corrected chi connectivity index (χ0v) is 11.8. The third-order valence-electron chi connectivity index (χ3n) is 4.46. The summed E-state index contributed by atoms with van der Waals surface area (Å²) in [6.07, 6.45) is 7.70. The Labute approximate surface area is 111 Å². The smallest absolute Gasteiger partial charge is 0.241 e. The lowest BCUT2D eigenvalue weighted by Gasteiger charge is -2.42. The lowest BCUT2D eigenvalue weighted by molar-refractivity contribution is -0.143. The normalized spacial score (nSPS) is 28.4. The average Bonchev–Trinajstić information content (AvgIpc) is 2.63. The fourth-order valence-corrected chi connectivity index (χ4v) is 3.28. The van der Waals surface area contributed by atoms with Gasteiger partial charge in [-0.3, -0.25) is 9.69 Å². The monoisotopic (exact) mass is 253 g/mol. The van der Waals surface area contributed by atoms with Gasteiger partial charge in [0.1, 0.15) is 6.04 Å². The van der Waals surface area contributed by atoms with Gasteiger partial charge in [-0.2, -0.15) is 0 Å². The maximum Gasteiger partial charge on any atom is 0.241 e. The first-order valence-corrected chi connectivity index (χ1v) is 7.39. The van der Waals surface area contributed by atoms with Crippen LogP contribution in [0, 0.1) is 0 Å². The largest absolute Gasteiger partial charge is 0.337 e. The highest BCUT2D eigenvalue weighted by Gasteiger charge is 2.35. The van der Waals surface area contributed by atoms with Gasteiger partial charge >= 0.3 is 0 Å². The van der Waals surface area contributed by atoms with Crippen molar-refractivity contribution in [2.45, 2.75) is 50.6 Å². The van der Waals surface area contributed by atoms with E-state index in [1.54, 1.807) is 0 Å². The van der Waals surface area contributed by atoms with E-state index in [4.69, 9.17) is 0 Å². The van der Waals surface area contributed by atoms with Gasteiger partial charge in [0.15, 0.2) is 0 Å². The number of amides is 1. The molecule has 1 saturated heterocycles. The highest BCUT2D eigenvalue weighted by molar-refractivity contribution is 5.83. The second-order valence-electron chi connectivity index (χ2n) is 5.73. The molecule has 0 radical (unpaired) electrons. The number of likely N-dealkylation sites (N-methyl/N-ethyl adjacent to an activating group) is 2. The van der Waals surface area contributed by atoms with E-state index < -0.39 is 0 Å². The molecule has 1 aliphatic heterocycles. The molecule has 0 aromatic carbocycles. The van der Waals surface area contributed by atoms with E-state index in [1.165, 1.54) is 38.5 Å². The lowest BCUT2D eigenvalue weighted by atomic mass is 10.0. The third kappa shape index (κ3) is 3.04. The van der Waals surface area contributed by atoms with Crippen LogP contribution >= 0.6 is 0 Å². The fourth-order valence-electron chi connectivity index (χ4n) is 3.28. The van der Waals surface area contributed by atoms with Crippen molar-refractivity contribution in [3.63, 3.8) is 0 Å². The Bertz CT molecular complexity index is 274. The minimum atomic E-state index is 0.0343. The van der Waals surface area contributed by atoms with E-state index in [9.17, 15) is 4.79 Å². The summed E-state index contributed by atoms with van der Waals surface area (Å²) in [4.78, 5) is 16.9. The van der Waals surface area contributed by atoms with Crippen molar-refractivity contribution in [1.82, 2.24) is 15.1 Å². The van der Waals surface area contributed by atoms with Crippen molar-refractivity contribution >= 4 is 5.91 Å². The molecule has 0 bridgehead atoms. The topological polar surface area (TPSA) is 35.6 Å². The van der Waals surface area contributed by atoms with E-state index in [0.717, 1.165) is 19.6 Å². The van der Waals surface area contributed by atoms with Gasteiger partial charge in [-0.15, -0.1) is 0 Å². The molecule has 1 N–H and O–H groups in total. The van der Waals surface area contributed by atoms with Gasteiger partial charge in [0.05, 0.1) is 0 Å². The Balaban J connectivity index is 2.01. The van der Waals surface area contributed by atoms with E-state index in [2.05, 4.69) is 22.2 Å². The maximum atomic E-state index is 12.6. The summed E-state index contributed by atoms with van der Waals surface area (Å²) < 4.78 is 0. The van der Waals surface area contributed by atoms with E-state index in [-0.39, 0.29) is 6.04 Å². The van der Waals surface area contributed by atoms with Crippen LogP contribution in [0.2, 0.25) is 0 Å². The molecular formula is C14H27N3O. The van der Waals surface area contributed by atoms with Crippen molar-refractivity contribution in [3.05, 3.63) is 0 Å². The Morgan fingerprint density at radius 2 is 1.83 bits per heavy atom. The number of nitrogens with one attached hydrogen (secondary N) is 1. The average molecular weight is 253 g/mol. The Morgan fingerprint density at radius 1 is 1.17 bits per heavy atom. The molecule has 1 heterocycles. The van der Waals surface area contributed by atoms with Crippen LogP contribution in [-0.4, -0.2) is 61.5 Å². The zero-order valence-electron chi connectivity index (χ0n) is 11.8. The Hall–Kier alpha value is -0.610. The van der Waals surface area contributed by atoms with Crippen LogP contribution in [0.4, 0.5) is 0 Å². The first-order valence-electron chi connectivity index (χ1n) is 7.39. The molecule has 0 aromatic heterocycles. The second kappa shape index (κ2) is 6.53. The zero-order chi connectivity index (χ0) is 13.0. The quantitative estimate of drug-likeness (QED) is 0.764. The first-order chi connectivity index (χ1) is 8.74. The first kappa shape index (κ1) is 13.8. The number of hydrogen-bond acceptors (Lipinski definition) is 3. The molecular weight excluding hydrogens is 226 g/mol. The molecule has 1 unspecified atom stereocenters. The molecule has 0 spiro atoms. The molecule has 1 atom stereocenters. The van der Waals surface area contributed by atoms with Crippen LogP contribution in [0.15, 0.2) is 0 Å². The van der Waals surface area contributed by atoms with Crippen LogP contribution in [0.5, 0.6) is 0 Å². The summed E-state index contributed by atoms with van der Waals surface area (Å²) in [6, 6.07) is 0.542. The van der Waals surface area contributed by atoms with Crippen molar-refractivity contribution in [2.75, 3.05) is 33.7 Å². The predicted molar refractivity (Wildman–Crippen MR) is 73.5 cm³/mol. The predicted octanol–water partition coefficient (Wildman–Crippen LogP) is 1.07. The number of carbonyl (C=O) groups excluding carboxylic acids is 1. The molecule has 2 fully saturated rings. The van der Waals surface area contributed by atoms with Crippen molar-refractivity contribution in [2.24, 2.45) is 0 Å². The number of rotatable bonds is 3. The van der Waals surface area contributed by atoms with Gasteiger partial charge in [0.2, 0.25) is 5.91 Å². The maximum absolute atomic E-state index is 12.6. The minimum Gasteiger partial charge on any atom is -0.337 e. The Kier molecular flexibility index (Phi) is 5.01. The van der Waals surface area contributed by atoms with Crippen LogP contribution in [0.1, 0.15) is 38.5 Å². The van der Waals surface area contributed by atoms with Gasteiger partial charge < -0.3 is 10.2 Å². The van der Waals surface area contributed by atoms with Gasteiger partial charge in [-0.25, -0.2) is 0 Å². The molecule has 2 aliphatic rings. The fraction of sp³-hybridized carbons (Fsp3) is 0.929. The molecule has 18 heavy (non-hydrogen) atoms. The van der Waals surface area contributed by atoms with Gasteiger partial charge in [-0.1, -0.05) is 25.7 Å². The van der Waals surface area contributed by atoms with Crippen molar-refractivity contribution in [3.8, 4) is 0 Å². The molecule has 1 aliphatic carbocycles. The highest BCUT2D eigenvalue weighted by atomic mass is 16.2. The van der Waals surface area contributed by atoms with Gasteiger partial charge in [-0.05, 0) is 26.9 Å². The van der Waals surface area contributed by atoms with E-state index >= 15 is 0 Å². The Morgan fingerprint density at radius 3 is 2.44 bits per heavy atom. The second-order valence-corrected chi connectivity index (χ2v) is 5.73. The van der Waals surface area contributed by atoms with Crippen LogP contribution in [0.25, 0.3) is 0 Å². The standard InChI is InChI=1S/C14H27N3O/c1-15-11-13-14(18)17(10-9-16(13)2)12-7-5-3-4-6-8-12/h12-13,15H,3-11H2,1-2H3. The number of nitrogens with zero attached hydrogens (tertiary/aromatic N) is 2. The summed E-state index contributed by atoms with van der Waals surface area (Å²) in [6.45, 7) is 2.69. The van der Waals surface area contributed by atoms with Crippen molar-refractivity contribution < 1.29 is 4.79 Å². The van der Waals surface area contributed by atoms with Crippen molar-refractivity contribution in [1.29, 1.82) is 0 Å². The highest BCUT2D eigenvalue weighted by Crippen LogP contribution is 2.24. The third-order valence-corrected chi connectivity index (χ3v) is 4.46. The molecule has 4 heteroatoms. The molecule has 1 saturated carbocycles. The minimum absolute atomic E-state index is 0.0343. The summed E-state index contributed by atoms with van der Waals surface area (Å²) in [5, 5.41) is 3.14. The summed E-state index contributed by atoms with van der Waals surface area (Å²) >= 11 is 0. The molecule has 4 nitrogen and oxygen atoms in total. The number of carbonyl (C=O) groups is 1. The lowest BCUT2D eigenvalue weighted by Crippen LogP contribution is -2.60. The molecule has 0 aromatic rings. The van der Waals surface area contributed by atoms with Gasteiger partial charge in [0.25, 0.3) is 0 Å². The molecule has 104 valence electrons. The van der Waals surface area contributed by atoms with Crippen LogP contribution in [0.3, 0.4) is 0 Å². The van der Waals surface area contributed by atoms with E-state index in [0.29, 0.717) is 11.9 Å². The molecule has 1 amide bonds. The summed E-state index contributed by atoms with van der Waals surface area (Å²) in [7, 11) is 3.98. The van der Waals surface area contributed by atoms with Crippen LogP contribution < -0.4 is 5.32 Å². The van der Waals surface area contributed by atoms with Crippen LogP contribution in [-0.2, 0) is 4.79 Å². The van der Waals surface area contributed by atoms with E-state index in [1.807, 2.05) is 7.05 Å².